The summed E-state index contributed by atoms with van der Waals surface area (Å²) in [5, 5.41) is 3.26. The topological polar surface area (TPSA) is 102 Å². The van der Waals surface area contributed by atoms with E-state index < -0.39 is 0 Å². The Bertz CT molecular complexity index is 937. The van der Waals surface area contributed by atoms with Crippen molar-refractivity contribution in [2.75, 3.05) is 39.3 Å². The predicted octanol–water partition coefficient (Wildman–Crippen LogP) is 2.75. The maximum Gasteiger partial charge on any atom is 0.203 e. The zero-order chi connectivity index (χ0) is 20.4. The molecule has 0 bridgehead atoms. The molecule has 2 aromatic rings. The summed E-state index contributed by atoms with van der Waals surface area (Å²) in [7, 11) is 3.30. The van der Waals surface area contributed by atoms with Crippen molar-refractivity contribution in [2.24, 2.45) is 5.73 Å². The molecule has 0 amide bonds. The van der Waals surface area contributed by atoms with E-state index in [4.69, 9.17) is 41.6 Å². The summed E-state index contributed by atoms with van der Waals surface area (Å²) in [5.74, 6) is 2.36. The van der Waals surface area contributed by atoms with Crippen molar-refractivity contribution in [2.45, 2.75) is 24.9 Å². The van der Waals surface area contributed by atoms with Crippen LogP contribution in [0.1, 0.15) is 12.6 Å². The fourth-order valence-corrected chi connectivity index (χ4v) is 3.76. The SMILES string of the molecule is COC[C@H]1O[C@@H](n2cc3c(nc2=S)Nc2c(OCCN)cccc2O3)CC1OC. The summed E-state index contributed by atoms with van der Waals surface area (Å²) >= 11 is 5.51. The first-order valence-electron chi connectivity index (χ1n) is 9.35. The van der Waals surface area contributed by atoms with Crippen LogP contribution >= 0.6 is 12.2 Å². The zero-order valence-corrected chi connectivity index (χ0v) is 17.1. The molecular formula is C19H24N4O5S. The van der Waals surface area contributed by atoms with Gasteiger partial charge in [0.2, 0.25) is 4.77 Å². The molecule has 1 aromatic heterocycles. The molecule has 0 spiro atoms. The Hall–Kier alpha value is -2.24. The first kappa shape index (κ1) is 20.0. The molecule has 1 aromatic carbocycles. The van der Waals surface area contributed by atoms with E-state index in [2.05, 4.69) is 10.3 Å². The van der Waals surface area contributed by atoms with Gasteiger partial charge in [0.15, 0.2) is 17.3 Å². The highest BCUT2D eigenvalue weighted by Gasteiger charge is 2.37. The van der Waals surface area contributed by atoms with E-state index in [0.29, 0.717) is 59.7 Å². The van der Waals surface area contributed by atoms with Crippen LogP contribution < -0.4 is 20.5 Å². The van der Waals surface area contributed by atoms with Gasteiger partial charge in [-0.3, -0.25) is 4.57 Å². The van der Waals surface area contributed by atoms with E-state index in [9.17, 15) is 0 Å². The van der Waals surface area contributed by atoms with Crippen molar-refractivity contribution in [3.63, 3.8) is 0 Å². The smallest absolute Gasteiger partial charge is 0.203 e. The maximum atomic E-state index is 6.09. The molecule has 10 heteroatoms. The van der Waals surface area contributed by atoms with E-state index in [1.54, 1.807) is 25.0 Å². The minimum absolute atomic E-state index is 0.0834. The molecule has 29 heavy (non-hydrogen) atoms. The number of rotatable bonds is 7. The van der Waals surface area contributed by atoms with Gasteiger partial charge < -0.3 is 34.7 Å². The summed E-state index contributed by atoms with van der Waals surface area (Å²) in [6, 6.07) is 5.56. The van der Waals surface area contributed by atoms with Crippen LogP contribution in [0.5, 0.6) is 17.2 Å². The summed E-state index contributed by atoms with van der Waals surface area (Å²) in [4.78, 5) is 4.51. The largest absolute Gasteiger partial charge is 0.490 e. The van der Waals surface area contributed by atoms with Crippen molar-refractivity contribution in [3.8, 4) is 17.2 Å². The van der Waals surface area contributed by atoms with Gasteiger partial charge in [0.1, 0.15) is 30.4 Å². The number of hydrogen-bond acceptors (Lipinski definition) is 9. The maximum absolute atomic E-state index is 6.09. The van der Waals surface area contributed by atoms with E-state index in [1.165, 1.54) is 0 Å². The number of benzene rings is 1. The Morgan fingerprint density at radius 1 is 1.34 bits per heavy atom. The molecule has 4 rings (SSSR count). The van der Waals surface area contributed by atoms with E-state index in [1.807, 2.05) is 18.2 Å². The first-order valence-corrected chi connectivity index (χ1v) is 9.76. The van der Waals surface area contributed by atoms with Crippen molar-refractivity contribution in [1.82, 2.24) is 9.55 Å². The number of methoxy groups -OCH3 is 2. The highest BCUT2D eigenvalue weighted by molar-refractivity contribution is 7.71. The lowest BCUT2D eigenvalue weighted by atomic mass is 10.2. The van der Waals surface area contributed by atoms with Gasteiger partial charge >= 0.3 is 0 Å². The average Bonchev–Trinajstić information content (AvgIpc) is 3.13. The second kappa shape index (κ2) is 8.64. The van der Waals surface area contributed by atoms with Crippen molar-refractivity contribution in [1.29, 1.82) is 0 Å². The van der Waals surface area contributed by atoms with Crippen LogP contribution in [0.3, 0.4) is 0 Å². The molecule has 156 valence electrons. The van der Waals surface area contributed by atoms with Crippen LogP contribution in [0.25, 0.3) is 0 Å². The minimum atomic E-state index is -0.311. The van der Waals surface area contributed by atoms with Gasteiger partial charge in [0.05, 0.1) is 18.9 Å². The van der Waals surface area contributed by atoms with E-state index >= 15 is 0 Å². The average molecular weight is 420 g/mol. The van der Waals surface area contributed by atoms with Crippen LogP contribution in [0.4, 0.5) is 11.5 Å². The first-order chi connectivity index (χ1) is 14.1. The zero-order valence-electron chi connectivity index (χ0n) is 16.3. The summed E-state index contributed by atoms with van der Waals surface area (Å²) in [6.07, 6.45) is 1.88. The summed E-state index contributed by atoms with van der Waals surface area (Å²) in [6.45, 7) is 1.27. The molecule has 3 N–H and O–H groups in total. The number of fused-ring (bicyclic) bond motifs is 2. The number of para-hydroxylation sites is 1. The molecule has 0 radical (unpaired) electrons. The lowest BCUT2D eigenvalue weighted by molar-refractivity contribution is -0.0614. The van der Waals surface area contributed by atoms with E-state index in [0.717, 1.165) is 0 Å². The molecule has 1 unspecified atom stereocenters. The number of nitrogens with one attached hydrogen (secondary N) is 1. The molecule has 3 heterocycles. The monoisotopic (exact) mass is 420 g/mol. The Morgan fingerprint density at radius 2 is 2.21 bits per heavy atom. The third-order valence-corrected chi connectivity index (χ3v) is 5.17. The van der Waals surface area contributed by atoms with Crippen LogP contribution in [-0.4, -0.2) is 55.7 Å². The van der Waals surface area contributed by atoms with Gasteiger partial charge in [-0.1, -0.05) is 6.07 Å². The lowest BCUT2D eigenvalue weighted by Gasteiger charge is -2.25. The number of nitrogens with two attached hydrogens (primary N) is 1. The Morgan fingerprint density at radius 3 is 2.97 bits per heavy atom. The standard InChI is InChI=1S/C19H24N4O5S/c1-24-10-15-13(25-2)8-16(28-15)23-9-14-18(22-19(23)29)21-17-11(26-7-6-20)4-3-5-12(17)27-14/h3-5,9,13,15-16H,6-8,10,20H2,1-2H3,(H,21,22,29)/t13?,15-,16-/m1/s1. The van der Waals surface area contributed by atoms with Gasteiger partial charge in [-0.05, 0) is 24.4 Å². The Kier molecular flexibility index (Phi) is 5.97. The van der Waals surface area contributed by atoms with Gasteiger partial charge in [-0.25, -0.2) is 0 Å². The number of aromatic nitrogens is 2. The van der Waals surface area contributed by atoms with E-state index in [-0.39, 0.29) is 18.4 Å². The number of ether oxygens (including phenoxy) is 5. The molecule has 2 aliphatic rings. The normalized spacial score (nSPS) is 22.4. The summed E-state index contributed by atoms with van der Waals surface area (Å²) < 4.78 is 30.8. The third kappa shape index (κ3) is 3.94. The summed E-state index contributed by atoms with van der Waals surface area (Å²) in [5.41, 5.74) is 6.24. The predicted molar refractivity (Wildman–Crippen MR) is 109 cm³/mol. The lowest BCUT2D eigenvalue weighted by Crippen LogP contribution is -2.27. The number of anilines is 2. The van der Waals surface area contributed by atoms with Gasteiger partial charge in [0.25, 0.3) is 0 Å². The minimum Gasteiger partial charge on any atom is -0.490 e. The molecule has 3 atom stereocenters. The van der Waals surface area contributed by atoms with Crippen LogP contribution in [0.2, 0.25) is 0 Å². The molecule has 0 aliphatic carbocycles. The quantitative estimate of drug-likeness (QED) is 0.559. The van der Waals surface area contributed by atoms with Gasteiger partial charge in [0, 0.05) is 27.2 Å². The number of nitrogens with zero attached hydrogens (tertiary/aromatic N) is 2. The van der Waals surface area contributed by atoms with Crippen molar-refractivity contribution in [3.05, 3.63) is 29.2 Å². The second-order valence-corrected chi connectivity index (χ2v) is 7.10. The van der Waals surface area contributed by atoms with Gasteiger partial charge in [-0.15, -0.1) is 0 Å². The molecular weight excluding hydrogens is 396 g/mol. The van der Waals surface area contributed by atoms with Crippen LogP contribution in [0.15, 0.2) is 24.4 Å². The Labute approximate surface area is 173 Å². The van der Waals surface area contributed by atoms with Crippen LogP contribution in [-0.2, 0) is 14.2 Å². The molecule has 1 saturated heterocycles. The molecule has 9 nitrogen and oxygen atoms in total. The van der Waals surface area contributed by atoms with Crippen LogP contribution in [0, 0.1) is 4.77 Å². The molecule has 0 saturated carbocycles. The van der Waals surface area contributed by atoms with Crippen molar-refractivity contribution >= 4 is 23.7 Å². The fourth-order valence-electron chi connectivity index (χ4n) is 3.50. The highest BCUT2D eigenvalue weighted by atomic mass is 32.1. The van der Waals surface area contributed by atoms with Crippen molar-refractivity contribution < 1.29 is 23.7 Å². The third-order valence-electron chi connectivity index (χ3n) is 4.87. The molecule has 2 aliphatic heterocycles. The Balaban J connectivity index is 1.61. The second-order valence-electron chi connectivity index (χ2n) is 6.73. The fraction of sp³-hybridized carbons (Fsp3) is 0.474. The number of hydrogen-bond donors (Lipinski definition) is 2. The molecule has 1 fully saturated rings. The highest BCUT2D eigenvalue weighted by Crippen LogP contribution is 2.46. The van der Waals surface area contributed by atoms with Gasteiger partial charge in [-0.2, -0.15) is 4.98 Å².